The van der Waals surface area contributed by atoms with Crippen molar-refractivity contribution in [2.75, 3.05) is 5.75 Å². The predicted octanol–water partition coefficient (Wildman–Crippen LogP) is 1.51. The molecule has 1 fully saturated rings. The highest BCUT2D eigenvalue weighted by molar-refractivity contribution is 7.92. The minimum atomic E-state index is -3.15. The second-order valence-corrected chi connectivity index (χ2v) is 7.27. The molecule has 1 saturated heterocycles. The van der Waals surface area contributed by atoms with Crippen LogP contribution in [0.1, 0.15) is 37.8 Å². The molecule has 1 aliphatic heterocycles. The lowest BCUT2D eigenvalue weighted by Crippen LogP contribution is -2.41. The van der Waals surface area contributed by atoms with E-state index in [1.54, 1.807) is 12.3 Å². The van der Waals surface area contributed by atoms with Crippen LogP contribution in [0.3, 0.4) is 0 Å². The van der Waals surface area contributed by atoms with Gasteiger partial charge < -0.3 is 5.11 Å². The fourth-order valence-electron chi connectivity index (χ4n) is 2.51. The van der Waals surface area contributed by atoms with Crippen molar-refractivity contribution in [1.82, 2.24) is 4.98 Å². The number of sulfone groups is 1. The maximum Gasteiger partial charge on any atom is 0.155 e. The molecule has 0 bridgehead atoms. The van der Waals surface area contributed by atoms with E-state index in [-0.39, 0.29) is 11.7 Å². The zero-order valence-corrected chi connectivity index (χ0v) is 11.3. The van der Waals surface area contributed by atoms with Crippen LogP contribution in [0.2, 0.25) is 0 Å². The van der Waals surface area contributed by atoms with Crippen molar-refractivity contribution in [3.63, 3.8) is 0 Å². The molecule has 1 aromatic rings. The third-order valence-corrected chi connectivity index (χ3v) is 5.97. The highest BCUT2D eigenvalue weighted by Gasteiger charge is 2.37. The number of nitrogens with zero attached hydrogens (tertiary/aromatic N) is 1. The summed E-state index contributed by atoms with van der Waals surface area (Å²) in [6, 6.07) is 5.48. The van der Waals surface area contributed by atoms with Gasteiger partial charge in [0.2, 0.25) is 0 Å². The molecule has 0 amide bonds. The summed E-state index contributed by atoms with van der Waals surface area (Å²) in [7, 11) is -3.15. The molecule has 0 aromatic carbocycles. The van der Waals surface area contributed by atoms with Gasteiger partial charge >= 0.3 is 0 Å². The van der Waals surface area contributed by atoms with Gasteiger partial charge in [-0.25, -0.2) is 8.42 Å². The van der Waals surface area contributed by atoms with Crippen LogP contribution in [0.25, 0.3) is 0 Å². The number of rotatable bonds is 3. The number of hydrogen-bond donors (Lipinski definition) is 1. The topological polar surface area (TPSA) is 67.3 Å². The largest absolute Gasteiger partial charge is 0.391 e. The van der Waals surface area contributed by atoms with E-state index in [0.29, 0.717) is 12.8 Å². The van der Waals surface area contributed by atoms with Crippen LogP contribution in [-0.4, -0.2) is 35.6 Å². The summed E-state index contributed by atoms with van der Waals surface area (Å²) in [5.41, 5.74) is 0.741. The monoisotopic (exact) mass is 269 g/mol. The summed E-state index contributed by atoms with van der Waals surface area (Å²) >= 11 is 0. The third-order valence-electron chi connectivity index (χ3n) is 3.68. The molecule has 2 rings (SSSR count). The zero-order valence-electron chi connectivity index (χ0n) is 10.5. The molecule has 2 heterocycles. The van der Waals surface area contributed by atoms with E-state index in [0.717, 1.165) is 12.1 Å². The fraction of sp³-hybridized carbons (Fsp3) is 0.615. The van der Waals surface area contributed by atoms with Crippen molar-refractivity contribution in [3.8, 4) is 0 Å². The van der Waals surface area contributed by atoms with Gasteiger partial charge in [0.1, 0.15) is 0 Å². The lowest BCUT2D eigenvalue weighted by molar-refractivity contribution is 0.136. The molecular weight excluding hydrogens is 250 g/mol. The first-order chi connectivity index (χ1) is 8.52. The van der Waals surface area contributed by atoms with E-state index < -0.39 is 21.2 Å². The number of aliphatic hydroxyl groups is 1. The van der Waals surface area contributed by atoms with Gasteiger partial charge in [-0.1, -0.05) is 19.4 Å². The molecule has 4 nitrogen and oxygen atoms in total. The van der Waals surface area contributed by atoms with E-state index in [4.69, 9.17) is 0 Å². The average Bonchev–Trinajstić information content (AvgIpc) is 2.37. The molecule has 1 aliphatic rings. The van der Waals surface area contributed by atoms with Gasteiger partial charge in [0.25, 0.3) is 0 Å². The first kappa shape index (κ1) is 13.5. The molecule has 0 spiro atoms. The van der Waals surface area contributed by atoms with Gasteiger partial charge in [-0.15, -0.1) is 0 Å². The summed E-state index contributed by atoms with van der Waals surface area (Å²) in [6.45, 7) is 1.83. The summed E-state index contributed by atoms with van der Waals surface area (Å²) in [6.07, 6.45) is 2.93. The maximum atomic E-state index is 12.0. The van der Waals surface area contributed by atoms with E-state index in [2.05, 4.69) is 4.98 Å². The molecule has 0 aliphatic carbocycles. The lowest BCUT2D eigenvalue weighted by atomic mass is 9.95. The van der Waals surface area contributed by atoms with E-state index in [1.807, 2.05) is 19.1 Å². The lowest BCUT2D eigenvalue weighted by Gasteiger charge is -2.30. The van der Waals surface area contributed by atoms with Gasteiger partial charge in [0, 0.05) is 17.8 Å². The molecule has 0 saturated carbocycles. The molecule has 5 heteroatoms. The van der Waals surface area contributed by atoms with E-state index in [9.17, 15) is 13.5 Å². The molecule has 18 heavy (non-hydrogen) atoms. The Hall–Kier alpha value is -0.940. The fourth-order valence-corrected chi connectivity index (χ4v) is 4.60. The van der Waals surface area contributed by atoms with Crippen molar-refractivity contribution in [3.05, 3.63) is 30.1 Å². The van der Waals surface area contributed by atoms with Crippen LogP contribution in [0.5, 0.6) is 0 Å². The minimum Gasteiger partial charge on any atom is -0.391 e. The highest BCUT2D eigenvalue weighted by atomic mass is 32.2. The number of pyridine rings is 1. The molecule has 3 atom stereocenters. The van der Waals surface area contributed by atoms with Gasteiger partial charge in [-0.3, -0.25) is 4.98 Å². The van der Waals surface area contributed by atoms with Crippen molar-refractivity contribution < 1.29 is 13.5 Å². The maximum absolute atomic E-state index is 12.0. The Morgan fingerprint density at radius 2 is 2.17 bits per heavy atom. The number of aromatic nitrogens is 1. The number of aliphatic hydroxyl groups excluding tert-OH is 1. The second-order valence-electron chi connectivity index (χ2n) is 4.94. The quantitative estimate of drug-likeness (QED) is 0.903. The van der Waals surface area contributed by atoms with Crippen molar-refractivity contribution >= 4 is 9.84 Å². The first-order valence-electron chi connectivity index (χ1n) is 6.33. The van der Waals surface area contributed by atoms with Crippen LogP contribution >= 0.6 is 0 Å². The van der Waals surface area contributed by atoms with Crippen LogP contribution in [0, 0.1) is 0 Å². The molecule has 1 aromatic heterocycles. The first-order valence-corrected chi connectivity index (χ1v) is 8.04. The molecule has 1 N–H and O–H groups in total. The number of hydrogen-bond acceptors (Lipinski definition) is 4. The van der Waals surface area contributed by atoms with Gasteiger partial charge in [-0.05, 0) is 25.0 Å². The van der Waals surface area contributed by atoms with Crippen molar-refractivity contribution in [1.29, 1.82) is 0 Å². The molecule has 100 valence electrons. The third kappa shape index (κ3) is 2.72. The Balaban J connectivity index is 2.18. The molecule has 0 radical (unpaired) electrons. The standard InChI is InChI=1S/C13H19NO3S/c1-10(11-6-2-4-8-14-11)13(15)12-7-3-5-9-18(12,16)17/h2,4,6,8,10,12-13,15H,3,5,7,9H2,1H3. The van der Waals surface area contributed by atoms with Crippen molar-refractivity contribution in [2.45, 2.75) is 43.5 Å². The Morgan fingerprint density at radius 1 is 1.39 bits per heavy atom. The van der Waals surface area contributed by atoms with Crippen LogP contribution < -0.4 is 0 Å². The van der Waals surface area contributed by atoms with E-state index in [1.165, 1.54) is 0 Å². The Bertz CT molecular complexity index is 486. The van der Waals surface area contributed by atoms with Crippen molar-refractivity contribution in [2.24, 2.45) is 0 Å². The zero-order chi connectivity index (χ0) is 13.2. The van der Waals surface area contributed by atoms with Gasteiger partial charge in [-0.2, -0.15) is 0 Å². The SMILES string of the molecule is CC(c1ccccn1)C(O)C1CCCCS1(=O)=O. The smallest absolute Gasteiger partial charge is 0.155 e. The highest BCUT2D eigenvalue weighted by Crippen LogP contribution is 2.29. The minimum absolute atomic E-state index is 0.198. The molecule has 3 unspecified atom stereocenters. The Kier molecular flexibility index (Phi) is 4.02. The average molecular weight is 269 g/mol. The summed E-state index contributed by atoms with van der Waals surface area (Å²) in [5, 5.41) is 9.68. The predicted molar refractivity (Wildman–Crippen MR) is 70.1 cm³/mol. The summed E-state index contributed by atoms with van der Waals surface area (Å²) in [5.74, 6) is -0.0620. The Morgan fingerprint density at radius 3 is 2.78 bits per heavy atom. The van der Waals surface area contributed by atoms with Crippen LogP contribution in [0.4, 0.5) is 0 Å². The summed E-state index contributed by atoms with van der Waals surface area (Å²) < 4.78 is 24.0. The van der Waals surface area contributed by atoms with Crippen LogP contribution in [0.15, 0.2) is 24.4 Å². The normalized spacial score (nSPS) is 26.4. The second kappa shape index (κ2) is 5.36. The van der Waals surface area contributed by atoms with E-state index >= 15 is 0 Å². The Labute approximate surface area is 108 Å². The van der Waals surface area contributed by atoms with Gasteiger partial charge in [0.05, 0.1) is 17.1 Å². The molecular formula is C13H19NO3S. The van der Waals surface area contributed by atoms with Gasteiger partial charge in [0.15, 0.2) is 9.84 Å². The summed E-state index contributed by atoms with van der Waals surface area (Å²) in [4.78, 5) is 4.19. The van der Waals surface area contributed by atoms with Crippen LogP contribution in [-0.2, 0) is 9.84 Å².